The van der Waals surface area contributed by atoms with Crippen LogP contribution in [0.2, 0.25) is 10.0 Å². The van der Waals surface area contributed by atoms with Gasteiger partial charge in [0.25, 0.3) is 5.56 Å². The summed E-state index contributed by atoms with van der Waals surface area (Å²) in [6.45, 7) is 1.67. The molecule has 0 bridgehead atoms. The van der Waals surface area contributed by atoms with Gasteiger partial charge in [-0.1, -0.05) is 65.7 Å². The molecule has 0 unspecified atom stereocenters. The molecule has 0 spiro atoms. The summed E-state index contributed by atoms with van der Waals surface area (Å²) in [7, 11) is 1.59. The number of hydrogen-bond donors (Lipinski definition) is 4. The Labute approximate surface area is 293 Å². The number of carbonyl (C=O) groups excluding carboxylic acids is 1. The number of methoxy groups -OCH3 is 1. The monoisotopic (exact) mass is 698 g/mol. The number of benzene rings is 2. The number of nitrogens with zero attached hydrogens (tertiary/aromatic N) is 3. The fraction of sp³-hybridized carbons (Fsp3) is 0.297. The van der Waals surface area contributed by atoms with Crippen molar-refractivity contribution < 1.29 is 14.6 Å². The minimum absolute atomic E-state index is 0.0933. The van der Waals surface area contributed by atoms with Gasteiger partial charge in [0.15, 0.2) is 0 Å². The van der Waals surface area contributed by atoms with Crippen LogP contribution in [-0.2, 0) is 17.9 Å². The summed E-state index contributed by atoms with van der Waals surface area (Å²) >= 11 is 14.2. The first kappa shape index (κ1) is 33.2. The third-order valence-electron chi connectivity index (χ3n) is 9.20. The van der Waals surface area contributed by atoms with Gasteiger partial charge in [0.1, 0.15) is 5.65 Å². The van der Waals surface area contributed by atoms with Gasteiger partial charge in [-0.3, -0.25) is 14.0 Å². The van der Waals surface area contributed by atoms with Crippen LogP contribution in [0.4, 0.5) is 0 Å². The van der Waals surface area contributed by atoms with Gasteiger partial charge in [-0.2, -0.15) is 0 Å². The van der Waals surface area contributed by atoms with E-state index in [0.717, 1.165) is 39.8 Å². The average Bonchev–Trinajstić information content (AvgIpc) is 3.51. The Morgan fingerprint density at radius 1 is 0.939 bits per heavy atom. The molecule has 2 aliphatic rings. The summed E-state index contributed by atoms with van der Waals surface area (Å²) in [5, 5.41) is 20.2. The number of fused-ring (bicyclic) bond motifs is 1. The molecule has 1 amide bonds. The van der Waals surface area contributed by atoms with Gasteiger partial charge in [0.05, 0.1) is 34.6 Å². The number of carbonyl (C=O) groups is 1. The maximum atomic E-state index is 13.1. The van der Waals surface area contributed by atoms with E-state index in [2.05, 4.69) is 20.9 Å². The molecule has 1 atom stereocenters. The van der Waals surface area contributed by atoms with E-state index >= 15 is 0 Å². The van der Waals surface area contributed by atoms with Crippen LogP contribution in [0.5, 0.6) is 5.88 Å². The Bertz CT molecular complexity index is 2100. The van der Waals surface area contributed by atoms with E-state index < -0.39 is 0 Å². The van der Waals surface area contributed by atoms with E-state index in [1.165, 1.54) is 10.5 Å². The quantitative estimate of drug-likeness (QED) is 0.145. The maximum Gasteiger partial charge on any atom is 0.258 e. The van der Waals surface area contributed by atoms with E-state index in [1.54, 1.807) is 13.3 Å². The molecule has 12 heteroatoms. The van der Waals surface area contributed by atoms with Crippen molar-refractivity contribution in [1.29, 1.82) is 0 Å². The summed E-state index contributed by atoms with van der Waals surface area (Å²) in [5.74, 6) is 0.584. The number of aromatic nitrogens is 3. The van der Waals surface area contributed by atoms with Gasteiger partial charge in [0, 0.05) is 83.8 Å². The highest BCUT2D eigenvalue weighted by atomic mass is 35.5. The lowest BCUT2D eigenvalue weighted by atomic mass is 9.89. The molecular weight excluding hydrogens is 663 g/mol. The number of amides is 1. The molecule has 1 aliphatic heterocycles. The maximum absolute atomic E-state index is 13.1. The fourth-order valence-electron chi connectivity index (χ4n) is 6.45. The van der Waals surface area contributed by atoms with E-state index in [9.17, 15) is 14.7 Å². The Hall–Kier alpha value is -4.32. The lowest BCUT2D eigenvalue weighted by Crippen LogP contribution is -2.43. The smallest absolute Gasteiger partial charge is 0.258 e. The minimum Gasteiger partial charge on any atom is -0.481 e. The predicted octanol–water partition coefficient (Wildman–Crippen LogP) is 5.39. The molecule has 5 aromatic rings. The highest BCUT2D eigenvalue weighted by Crippen LogP contribution is 2.42. The fourth-order valence-corrected chi connectivity index (χ4v) is 7.11. The van der Waals surface area contributed by atoms with Crippen molar-refractivity contribution in [2.45, 2.75) is 57.0 Å². The molecule has 2 fully saturated rings. The van der Waals surface area contributed by atoms with Gasteiger partial charge in [0.2, 0.25) is 11.8 Å². The first-order valence-corrected chi connectivity index (χ1v) is 17.1. The first-order valence-electron chi connectivity index (χ1n) is 16.3. The molecule has 2 aromatic carbocycles. The van der Waals surface area contributed by atoms with Crippen molar-refractivity contribution in [2.24, 2.45) is 0 Å². The van der Waals surface area contributed by atoms with E-state index in [1.807, 2.05) is 60.7 Å². The Balaban J connectivity index is 1.13. The molecule has 1 saturated carbocycles. The van der Waals surface area contributed by atoms with Crippen LogP contribution in [-0.4, -0.2) is 57.2 Å². The number of nitrogens with one attached hydrogen (secondary N) is 3. The van der Waals surface area contributed by atoms with Crippen LogP contribution in [0.1, 0.15) is 36.9 Å². The number of aliphatic hydroxyl groups excluding tert-OH is 1. The summed E-state index contributed by atoms with van der Waals surface area (Å²) in [6.07, 6.45) is 4.33. The molecular formula is C37H36Cl2N6O4. The van der Waals surface area contributed by atoms with Crippen molar-refractivity contribution in [2.75, 3.05) is 13.7 Å². The van der Waals surface area contributed by atoms with Crippen molar-refractivity contribution in [3.05, 3.63) is 105 Å². The third-order valence-corrected chi connectivity index (χ3v) is 10.0. The van der Waals surface area contributed by atoms with Gasteiger partial charge >= 0.3 is 0 Å². The molecule has 4 heterocycles. The highest BCUT2D eigenvalue weighted by molar-refractivity contribution is 6.39. The zero-order valence-corrected chi connectivity index (χ0v) is 28.4. The lowest BCUT2D eigenvalue weighted by Gasteiger charge is -2.32. The summed E-state index contributed by atoms with van der Waals surface area (Å²) < 4.78 is 7.16. The van der Waals surface area contributed by atoms with Gasteiger partial charge in [-0.05, 0) is 37.5 Å². The molecule has 0 radical (unpaired) electrons. The summed E-state index contributed by atoms with van der Waals surface area (Å²) in [6, 6.07) is 21.0. The first-order chi connectivity index (χ1) is 23.8. The number of aliphatic hydroxyl groups is 1. The van der Waals surface area contributed by atoms with Gasteiger partial charge < -0.3 is 25.8 Å². The zero-order valence-electron chi connectivity index (χ0n) is 26.9. The number of hydrogen-bond acceptors (Lipinski definition) is 8. The van der Waals surface area contributed by atoms with Crippen LogP contribution >= 0.6 is 23.2 Å². The second kappa shape index (κ2) is 14.3. The van der Waals surface area contributed by atoms with E-state index in [0.29, 0.717) is 71.9 Å². The van der Waals surface area contributed by atoms with Crippen LogP contribution in [0, 0.1) is 0 Å². The molecule has 7 rings (SSSR count). The molecule has 3 aromatic heterocycles. The number of rotatable bonds is 11. The Morgan fingerprint density at radius 3 is 2.39 bits per heavy atom. The van der Waals surface area contributed by atoms with Crippen molar-refractivity contribution in [3.8, 4) is 39.4 Å². The highest BCUT2D eigenvalue weighted by Gasteiger charge is 2.26. The molecule has 1 aliphatic carbocycles. The second-order valence-corrected chi connectivity index (χ2v) is 13.3. The van der Waals surface area contributed by atoms with E-state index in [-0.39, 0.29) is 29.7 Å². The third kappa shape index (κ3) is 7.06. The molecule has 49 heavy (non-hydrogen) atoms. The molecule has 1 saturated heterocycles. The number of pyridine rings is 2. The topological polar surface area (TPSA) is 130 Å². The van der Waals surface area contributed by atoms with Crippen LogP contribution < -0.4 is 26.2 Å². The Kier molecular flexibility index (Phi) is 9.66. The van der Waals surface area contributed by atoms with Crippen molar-refractivity contribution >= 4 is 34.8 Å². The normalized spacial score (nSPS) is 18.8. The second-order valence-electron chi connectivity index (χ2n) is 12.6. The number of halogens is 2. The largest absolute Gasteiger partial charge is 0.481 e. The van der Waals surface area contributed by atoms with Gasteiger partial charge in [-0.15, -0.1) is 0 Å². The molecule has 10 nitrogen and oxygen atoms in total. The lowest BCUT2D eigenvalue weighted by molar-refractivity contribution is -0.119. The SMILES string of the molecule is COc1nc(-c2cccc(-c3cccc(-c4ccc5nc(CNC6CC(O)C6)cc(=O)n5c4)c3Cl)c2Cl)ccc1CNC[C@@H]1CCC(=O)N1. The Morgan fingerprint density at radius 2 is 1.67 bits per heavy atom. The number of ether oxygens (including phenoxy) is 1. The minimum atomic E-state index is -0.247. The molecule has 252 valence electrons. The van der Waals surface area contributed by atoms with Crippen LogP contribution in [0.15, 0.2) is 77.7 Å². The van der Waals surface area contributed by atoms with Crippen LogP contribution in [0.3, 0.4) is 0 Å². The zero-order chi connectivity index (χ0) is 34.1. The van der Waals surface area contributed by atoms with Crippen LogP contribution in [0.25, 0.3) is 39.2 Å². The van der Waals surface area contributed by atoms with Gasteiger partial charge in [-0.25, -0.2) is 9.97 Å². The van der Waals surface area contributed by atoms with E-state index in [4.69, 9.17) is 32.9 Å². The standard InChI is InChI=1S/C37H36Cl2N6O4/c1-49-37-21(17-40-18-23-10-13-33(47)43-23)8-11-31(44-37)30-7-3-6-29(36(30)39)28-5-2-4-27(35(28)38)22-9-12-32-42-25(16-34(48)45(32)20-22)19-41-24-14-26(46)15-24/h2-9,11-12,16,20,23-24,26,40-41,46H,10,13-15,17-19H2,1H3,(H,43,47)/t23-,24?,26?/m0/s1. The average molecular weight is 700 g/mol. The predicted molar refractivity (Wildman–Crippen MR) is 191 cm³/mol. The molecule has 4 N–H and O–H groups in total. The summed E-state index contributed by atoms with van der Waals surface area (Å²) in [5.41, 5.74) is 6.28. The summed E-state index contributed by atoms with van der Waals surface area (Å²) in [4.78, 5) is 34.1. The van der Waals surface area contributed by atoms with Crippen molar-refractivity contribution in [1.82, 2.24) is 30.3 Å². The van der Waals surface area contributed by atoms with Crippen molar-refractivity contribution in [3.63, 3.8) is 0 Å².